The highest BCUT2D eigenvalue weighted by molar-refractivity contribution is 5.72. The minimum atomic E-state index is -1.54. The van der Waals surface area contributed by atoms with Gasteiger partial charge < -0.3 is 43.7 Å². The van der Waals surface area contributed by atoms with E-state index in [0.717, 1.165) is 13.8 Å². The van der Waals surface area contributed by atoms with Crippen LogP contribution in [-0.4, -0.2) is 102 Å². The van der Waals surface area contributed by atoms with Crippen molar-refractivity contribution in [2.24, 2.45) is 5.92 Å². The lowest BCUT2D eigenvalue weighted by Gasteiger charge is -2.44. The molecule has 13 nitrogen and oxygen atoms in total. The summed E-state index contributed by atoms with van der Waals surface area (Å²) < 4.78 is 32.4. The molecule has 1 aliphatic rings. The Labute approximate surface area is 197 Å². The summed E-state index contributed by atoms with van der Waals surface area (Å²) in [5.74, 6) is -3.46. The molecule has 0 aromatic rings. The number of rotatable bonds is 12. The monoisotopic (exact) mass is 494 g/mol. The van der Waals surface area contributed by atoms with Crippen molar-refractivity contribution in [3.8, 4) is 0 Å². The van der Waals surface area contributed by atoms with Gasteiger partial charge >= 0.3 is 23.9 Å². The average molecular weight is 494 g/mol. The van der Waals surface area contributed by atoms with E-state index < -0.39 is 92.5 Å². The van der Waals surface area contributed by atoms with Crippen molar-refractivity contribution in [3.63, 3.8) is 0 Å². The van der Waals surface area contributed by atoms with Gasteiger partial charge in [-0.15, -0.1) is 0 Å². The fraction of sp³-hybridized carbons (Fsp3) is 0.810. The highest BCUT2D eigenvalue weighted by Crippen LogP contribution is 2.30. The number of aliphatic hydroxyl groups is 3. The number of esters is 4. The second kappa shape index (κ2) is 14.2. The Morgan fingerprint density at radius 3 is 2.06 bits per heavy atom. The maximum Gasteiger partial charge on any atom is 0.308 e. The van der Waals surface area contributed by atoms with E-state index in [9.17, 15) is 29.4 Å². The van der Waals surface area contributed by atoms with Crippen LogP contribution in [0.3, 0.4) is 0 Å². The standard InChI is InChI=1S/C21H34O13/c1-6-16(27)33-19-18(34-20(28)10(2)3)17(31-12(5)24)15(9-29-11(4)23)32-21(19)30-8-14(26)13(25)7-22/h10,13-15,17-19,21-22,25-26H,6-9H2,1-5H3/t13?,14-,15?,17?,18?,19?,21?/m1/s1. The van der Waals surface area contributed by atoms with Crippen LogP contribution in [0.25, 0.3) is 0 Å². The molecule has 0 spiro atoms. The molecule has 0 amide bonds. The van der Waals surface area contributed by atoms with Crippen LogP contribution in [0.15, 0.2) is 0 Å². The summed E-state index contributed by atoms with van der Waals surface area (Å²) in [4.78, 5) is 47.7. The van der Waals surface area contributed by atoms with Crippen LogP contribution in [0.2, 0.25) is 0 Å². The normalized spacial score (nSPS) is 26.3. The molecule has 3 N–H and O–H groups in total. The molecule has 1 fully saturated rings. The van der Waals surface area contributed by atoms with Crippen molar-refractivity contribution in [2.45, 2.75) is 84.0 Å². The second-order valence-corrected chi connectivity index (χ2v) is 7.93. The molecular weight excluding hydrogens is 460 g/mol. The molecule has 7 atom stereocenters. The zero-order chi connectivity index (χ0) is 26.0. The van der Waals surface area contributed by atoms with Crippen LogP contribution >= 0.6 is 0 Å². The van der Waals surface area contributed by atoms with E-state index >= 15 is 0 Å². The molecule has 0 aromatic carbocycles. The Hall–Kier alpha value is -2.32. The lowest BCUT2D eigenvalue weighted by Crippen LogP contribution is -2.63. The summed E-state index contributed by atoms with van der Waals surface area (Å²) in [6.07, 6.45) is -10.0. The Bertz CT molecular complexity index is 694. The van der Waals surface area contributed by atoms with Gasteiger partial charge in [-0.2, -0.15) is 0 Å². The van der Waals surface area contributed by atoms with Crippen molar-refractivity contribution in [1.82, 2.24) is 0 Å². The minimum Gasteiger partial charge on any atom is -0.463 e. The number of hydrogen-bond donors (Lipinski definition) is 3. The predicted octanol–water partition coefficient (Wildman–Crippen LogP) is -1.17. The van der Waals surface area contributed by atoms with Crippen LogP contribution in [-0.2, 0) is 47.6 Å². The van der Waals surface area contributed by atoms with Crippen molar-refractivity contribution in [3.05, 3.63) is 0 Å². The van der Waals surface area contributed by atoms with E-state index in [2.05, 4.69) is 0 Å². The third-order valence-corrected chi connectivity index (χ3v) is 4.69. The fourth-order valence-corrected chi connectivity index (χ4v) is 2.87. The summed E-state index contributed by atoms with van der Waals surface area (Å²) in [6, 6.07) is 0. The highest BCUT2D eigenvalue weighted by Gasteiger charge is 2.53. The number of carbonyl (C=O) groups is 4. The maximum atomic E-state index is 12.4. The van der Waals surface area contributed by atoms with Crippen LogP contribution in [0.5, 0.6) is 0 Å². The molecule has 0 aliphatic carbocycles. The smallest absolute Gasteiger partial charge is 0.308 e. The third-order valence-electron chi connectivity index (χ3n) is 4.69. The quantitative estimate of drug-likeness (QED) is 0.218. The van der Waals surface area contributed by atoms with E-state index in [1.165, 1.54) is 6.92 Å². The van der Waals surface area contributed by atoms with Gasteiger partial charge in [0.1, 0.15) is 24.9 Å². The first kappa shape index (κ1) is 29.7. The minimum absolute atomic E-state index is 0.0605. The van der Waals surface area contributed by atoms with Gasteiger partial charge in [0.15, 0.2) is 24.6 Å². The SMILES string of the molecule is CCC(=O)OC1C(OC[C@@H](O)C(O)CO)OC(COC(C)=O)C(OC(C)=O)C1OC(=O)C(C)C. The zero-order valence-electron chi connectivity index (χ0n) is 19.9. The Balaban J connectivity index is 3.37. The first-order valence-corrected chi connectivity index (χ1v) is 10.9. The molecule has 34 heavy (non-hydrogen) atoms. The van der Waals surface area contributed by atoms with E-state index in [1.807, 2.05) is 0 Å². The Morgan fingerprint density at radius 2 is 1.56 bits per heavy atom. The molecule has 0 aromatic heterocycles. The largest absolute Gasteiger partial charge is 0.463 e. The number of aliphatic hydroxyl groups excluding tert-OH is 3. The van der Waals surface area contributed by atoms with E-state index in [4.69, 9.17) is 33.5 Å². The summed E-state index contributed by atoms with van der Waals surface area (Å²) in [5.41, 5.74) is 0. The Kier molecular flexibility index (Phi) is 12.4. The van der Waals surface area contributed by atoms with Gasteiger partial charge in [-0.05, 0) is 0 Å². The number of ether oxygens (including phenoxy) is 6. The van der Waals surface area contributed by atoms with Gasteiger partial charge in [-0.3, -0.25) is 19.2 Å². The molecule has 196 valence electrons. The van der Waals surface area contributed by atoms with Crippen molar-refractivity contribution >= 4 is 23.9 Å². The van der Waals surface area contributed by atoms with Gasteiger partial charge in [0.2, 0.25) is 0 Å². The van der Waals surface area contributed by atoms with E-state index in [0.29, 0.717) is 0 Å². The predicted molar refractivity (Wildman–Crippen MR) is 111 cm³/mol. The number of carbonyl (C=O) groups excluding carboxylic acids is 4. The second-order valence-electron chi connectivity index (χ2n) is 7.93. The highest BCUT2D eigenvalue weighted by atomic mass is 16.7. The van der Waals surface area contributed by atoms with Crippen LogP contribution in [0.4, 0.5) is 0 Å². The lowest BCUT2D eigenvalue weighted by molar-refractivity contribution is -0.313. The van der Waals surface area contributed by atoms with Crippen molar-refractivity contribution in [2.75, 3.05) is 19.8 Å². The summed E-state index contributed by atoms with van der Waals surface area (Å²) in [7, 11) is 0. The fourth-order valence-electron chi connectivity index (χ4n) is 2.87. The first-order chi connectivity index (χ1) is 15.9. The molecule has 1 saturated heterocycles. The van der Waals surface area contributed by atoms with Gasteiger partial charge in [0.05, 0.1) is 19.1 Å². The zero-order valence-corrected chi connectivity index (χ0v) is 19.9. The van der Waals surface area contributed by atoms with Crippen LogP contribution in [0.1, 0.15) is 41.0 Å². The summed E-state index contributed by atoms with van der Waals surface area (Å²) >= 11 is 0. The third kappa shape index (κ3) is 9.14. The van der Waals surface area contributed by atoms with E-state index in [-0.39, 0.29) is 6.42 Å². The molecule has 0 saturated carbocycles. The maximum absolute atomic E-state index is 12.4. The molecule has 0 bridgehead atoms. The van der Waals surface area contributed by atoms with Crippen molar-refractivity contribution < 1.29 is 62.9 Å². The first-order valence-electron chi connectivity index (χ1n) is 10.9. The van der Waals surface area contributed by atoms with Crippen molar-refractivity contribution in [1.29, 1.82) is 0 Å². The topological polar surface area (TPSA) is 184 Å². The van der Waals surface area contributed by atoms with Gasteiger partial charge in [0.25, 0.3) is 0 Å². The summed E-state index contributed by atoms with van der Waals surface area (Å²) in [6.45, 7) is 5.14. The molecule has 1 heterocycles. The molecule has 0 radical (unpaired) electrons. The van der Waals surface area contributed by atoms with Gasteiger partial charge in [0, 0.05) is 20.3 Å². The van der Waals surface area contributed by atoms with Crippen LogP contribution < -0.4 is 0 Å². The molecule has 1 rings (SSSR count). The van der Waals surface area contributed by atoms with E-state index in [1.54, 1.807) is 13.8 Å². The Morgan fingerprint density at radius 1 is 0.912 bits per heavy atom. The van der Waals surface area contributed by atoms with Gasteiger partial charge in [-0.25, -0.2) is 0 Å². The lowest BCUT2D eigenvalue weighted by atomic mass is 9.97. The summed E-state index contributed by atoms with van der Waals surface area (Å²) in [5, 5.41) is 28.5. The molecule has 1 aliphatic heterocycles. The number of hydrogen-bond acceptors (Lipinski definition) is 13. The molecular formula is C21H34O13. The average Bonchev–Trinajstić information content (AvgIpc) is 2.77. The molecule has 6 unspecified atom stereocenters. The van der Waals surface area contributed by atoms with Gasteiger partial charge in [-0.1, -0.05) is 20.8 Å². The molecule has 13 heteroatoms. The van der Waals surface area contributed by atoms with Crippen LogP contribution in [0, 0.1) is 5.92 Å².